The number of hydrogen-bond acceptors (Lipinski definition) is 3. The maximum Gasteiger partial charge on any atom is 0.0595 e. The molecule has 0 aromatic heterocycles. The van der Waals surface area contributed by atoms with E-state index in [0.29, 0.717) is 0 Å². The van der Waals surface area contributed by atoms with Gasteiger partial charge in [0.1, 0.15) is 0 Å². The molecule has 84 valence electrons. The monoisotopic (exact) mass is 200 g/mol. The summed E-state index contributed by atoms with van der Waals surface area (Å²) in [6.07, 6.45) is 5.30. The van der Waals surface area contributed by atoms with Gasteiger partial charge in [0.25, 0.3) is 0 Å². The lowest BCUT2D eigenvalue weighted by Gasteiger charge is -2.33. The van der Waals surface area contributed by atoms with E-state index in [9.17, 15) is 0 Å². The van der Waals surface area contributed by atoms with Gasteiger partial charge in [-0.15, -0.1) is 0 Å². The average Bonchev–Trinajstić information content (AvgIpc) is 2.21. The molecule has 1 atom stereocenters. The smallest absolute Gasteiger partial charge is 0.0595 e. The minimum absolute atomic E-state index is 0.0577. The highest BCUT2D eigenvalue weighted by molar-refractivity contribution is 4.75. The van der Waals surface area contributed by atoms with Crippen LogP contribution in [0.3, 0.4) is 0 Å². The molecule has 1 fully saturated rings. The fourth-order valence-electron chi connectivity index (χ4n) is 2.26. The molecule has 0 saturated carbocycles. The zero-order valence-electron chi connectivity index (χ0n) is 9.28. The van der Waals surface area contributed by atoms with Gasteiger partial charge < -0.3 is 15.7 Å². The van der Waals surface area contributed by atoms with E-state index >= 15 is 0 Å². The van der Waals surface area contributed by atoms with Crippen LogP contribution < -0.4 is 5.73 Å². The summed E-state index contributed by atoms with van der Waals surface area (Å²) in [5.41, 5.74) is 5.71. The highest BCUT2D eigenvalue weighted by Crippen LogP contribution is 2.21. The van der Waals surface area contributed by atoms with E-state index in [2.05, 4.69) is 11.8 Å². The molecule has 1 rings (SSSR count). The number of aliphatic hydroxyl groups is 1. The average molecular weight is 200 g/mol. The predicted octanol–water partition coefficient (Wildman–Crippen LogP) is 0.818. The second kappa shape index (κ2) is 6.38. The summed E-state index contributed by atoms with van der Waals surface area (Å²) >= 11 is 0. The first kappa shape index (κ1) is 12.0. The molecule has 0 bridgehead atoms. The van der Waals surface area contributed by atoms with Gasteiger partial charge in [0.15, 0.2) is 0 Å². The zero-order chi connectivity index (χ0) is 10.4. The molecule has 3 nitrogen and oxygen atoms in total. The first-order valence-corrected chi connectivity index (χ1v) is 5.85. The SMILES string of the molecule is CCCC1CCN(CC(N)CO)CC1. The Morgan fingerprint density at radius 2 is 2.07 bits per heavy atom. The fraction of sp³-hybridized carbons (Fsp3) is 1.00. The van der Waals surface area contributed by atoms with Gasteiger partial charge in [0, 0.05) is 12.6 Å². The molecule has 1 heterocycles. The molecule has 0 amide bonds. The Hall–Kier alpha value is -0.120. The minimum atomic E-state index is -0.0577. The summed E-state index contributed by atoms with van der Waals surface area (Å²) in [5.74, 6) is 0.932. The van der Waals surface area contributed by atoms with Gasteiger partial charge in [-0.2, -0.15) is 0 Å². The van der Waals surface area contributed by atoms with Crippen LogP contribution in [0.1, 0.15) is 32.6 Å². The van der Waals surface area contributed by atoms with Gasteiger partial charge in [0.05, 0.1) is 6.61 Å². The third-order valence-corrected chi connectivity index (χ3v) is 3.13. The summed E-state index contributed by atoms with van der Waals surface area (Å²) in [6.45, 7) is 5.55. The summed E-state index contributed by atoms with van der Waals surface area (Å²) in [4.78, 5) is 2.38. The number of aliphatic hydroxyl groups excluding tert-OH is 1. The number of hydrogen-bond donors (Lipinski definition) is 2. The second-order valence-corrected chi connectivity index (χ2v) is 4.48. The van der Waals surface area contributed by atoms with Crippen LogP contribution in [0.25, 0.3) is 0 Å². The molecule has 0 spiro atoms. The number of nitrogens with zero attached hydrogens (tertiary/aromatic N) is 1. The molecule has 1 unspecified atom stereocenters. The maximum absolute atomic E-state index is 8.85. The van der Waals surface area contributed by atoms with Crippen LogP contribution in [0.15, 0.2) is 0 Å². The lowest BCUT2D eigenvalue weighted by atomic mass is 9.92. The van der Waals surface area contributed by atoms with Crippen molar-refractivity contribution in [3.63, 3.8) is 0 Å². The van der Waals surface area contributed by atoms with Gasteiger partial charge in [-0.05, 0) is 31.8 Å². The second-order valence-electron chi connectivity index (χ2n) is 4.48. The van der Waals surface area contributed by atoms with Crippen molar-refractivity contribution in [1.82, 2.24) is 4.90 Å². The van der Waals surface area contributed by atoms with Gasteiger partial charge in [-0.25, -0.2) is 0 Å². The summed E-state index contributed by atoms with van der Waals surface area (Å²) in [5, 5.41) is 8.85. The topological polar surface area (TPSA) is 49.5 Å². The Bertz CT molecular complexity index is 144. The van der Waals surface area contributed by atoms with Crippen LogP contribution in [0.4, 0.5) is 0 Å². The van der Waals surface area contributed by atoms with Crippen LogP contribution in [0.2, 0.25) is 0 Å². The first-order chi connectivity index (χ1) is 6.76. The Morgan fingerprint density at radius 3 is 2.57 bits per heavy atom. The van der Waals surface area contributed by atoms with Crippen molar-refractivity contribution in [2.75, 3.05) is 26.2 Å². The lowest BCUT2D eigenvalue weighted by Crippen LogP contribution is -2.43. The Labute approximate surface area is 87.3 Å². The highest BCUT2D eigenvalue weighted by Gasteiger charge is 2.19. The number of rotatable bonds is 5. The number of piperidine rings is 1. The molecule has 14 heavy (non-hydrogen) atoms. The first-order valence-electron chi connectivity index (χ1n) is 5.85. The van der Waals surface area contributed by atoms with Crippen LogP contribution in [0.5, 0.6) is 0 Å². The van der Waals surface area contributed by atoms with Crippen molar-refractivity contribution < 1.29 is 5.11 Å². The molecule has 1 saturated heterocycles. The van der Waals surface area contributed by atoms with E-state index in [-0.39, 0.29) is 12.6 Å². The van der Waals surface area contributed by atoms with Crippen molar-refractivity contribution in [2.45, 2.75) is 38.6 Å². The van der Waals surface area contributed by atoms with E-state index in [4.69, 9.17) is 10.8 Å². The van der Waals surface area contributed by atoms with Crippen LogP contribution >= 0.6 is 0 Å². The third kappa shape index (κ3) is 3.95. The van der Waals surface area contributed by atoms with E-state index in [1.54, 1.807) is 0 Å². The summed E-state index contributed by atoms with van der Waals surface area (Å²) < 4.78 is 0. The van der Waals surface area contributed by atoms with Crippen LogP contribution in [0, 0.1) is 5.92 Å². The standard InChI is InChI=1S/C11H24N2O/c1-2-3-10-4-6-13(7-5-10)8-11(12)9-14/h10-11,14H,2-9,12H2,1H3. The Morgan fingerprint density at radius 1 is 1.43 bits per heavy atom. The molecule has 1 aliphatic heterocycles. The predicted molar refractivity (Wildman–Crippen MR) is 59.1 cm³/mol. The fourth-order valence-corrected chi connectivity index (χ4v) is 2.26. The number of likely N-dealkylation sites (tertiary alicyclic amines) is 1. The molecular formula is C11H24N2O. The molecule has 3 heteroatoms. The molecule has 0 aliphatic carbocycles. The molecule has 3 N–H and O–H groups in total. The molecule has 0 radical (unpaired) electrons. The van der Waals surface area contributed by atoms with Crippen molar-refractivity contribution >= 4 is 0 Å². The van der Waals surface area contributed by atoms with Gasteiger partial charge in [-0.1, -0.05) is 19.8 Å². The van der Waals surface area contributed by atoms with Crippen LogP contribution in [-0.2, 0) is 0 Å². The molecule has 1 aliphatic rings. The third-order valence-electron chi connectivity index (χ3n) is 3.13. The van der Waals surface area contributed by atoms with E-state index in [1.807, 2.05) is 0 Å². The molecular weight excluding hydrogens is 176 g/mol. The number of nitrogens with two attached hydrogens (primary N) is 1. The Balaban J connectivity index is 2.15. The molecule has 0 aromatic rings. The van der Waals surface area contributed by atoms with E-state index in [0.717, 1.165) is 12.5 Å². The largest absolute Gasteiger partial charge is 0.395 e. The van der Waals surface area contributed by atoms with Crippen LogP contribution in [-0.4, -0.2) is 42.3 Å². The van der Waals surface area contributed by atoms with Crippen molar-refractivity contribution in [3.8, 4) is 0 Å². The lowest BCUT2D eigenvalue weighted by molar-refractivity contribution is 0.150. The van der Waals surface area contributed by atoms with E-state index < -0.39 is 0 Å². The van der Waals surface area contributed by atoms with Crippen molar-refractivity contribution in [3.05, 3.63) is 0 Å². The Kier molecular flexibility index (Phi) is 5.45. The van der Waals surface area contributed by atoms with Gasteiger partial charge in [-0.3, -0.25) is 0 Å². The maximum atomic E-state index is 8.85. The minimum Gasteiger partial charge on any atom is -0.395 e. The van der Waals surface area contributed by atoms with Gasteiger partial charge >= 0.3 is 0 Å². The summed E-state index contributed by atoms with van der Waals surface area (Å²) in [6, 6.07) is -0.0577. The highest BCUT2D eigenvalue weighted by atomic mass is 16.3. The normalized spacial score (nSPS) is 22.5. The zero-order valence-corrected chi connectivity index (χ0v) is 9.28. The van der Waals surface area contributed by atoms with Crippen molar-refractivity contribution in [1.29, 1.82) is 0 Å². The summed E-state index contributed by atoms with van der Waals surface area (Å²) in [7, 11) is 0. The van der Waals surface area contributed by atoms with Gasteiger partial charge in [0.2, 0.25) is 0 Å². The molecule has 0 aromatic carbocycles. The van der Waals surface area contributed by atoms with E-state index in [1.165, 1.54) is 38.8 Å². The quantitative estimate of drug-likeness (QED) is 0.691. The van der Waals surface area contributed by atoms with Crippen molar-refractivity contribution in [2.24, 2.45) is 11.7 Å².